The fourth-order valence-corrected chi connectivity index (χ4v) is 2.38. The number of aromatic amines is 1. The summed E-state index contributed by atoms with van der Waals surface area (Å²) in [7, 11) is 0. The van der Waals surface area contributed by atoms with Crippen molar-refractivity contribution in [1.29, 1.82) is 0 Å². The van der Waals surface area contributed by atoms with Gasteiger partial charge in [-0.3, -0.25) is 9.89 Å². The van der Waals surface area contributed by atoms with Crippen molar-refractivity contribution in [2.24, 2.45) is 0 Å². The van der Waals surface area contributed by atoms with Gasteiger partial charge in [0.1, 0.15) is 5.82 Å². The Kier molecular flexibility index (Phi) is 3.70. The first-order chi connectivity index (χ1) is 10.1. The van der Waals surface area contributed by atoms with E-state index in [1.54, 1.807) is 0 Å². The molecule has 0 radical (unpaired) electrons. The maximum atomic E-state index is 12.1. The summed E-state index contributed by atoms with van der Waals surface area (Å²) in [6.07, 6.45) is 1.03. The topological polar surface area (TPSA) is 82.7 Å². The molecule has 21 heavy (non-hydrogen) atoms. The number of H-pyrrole nitrogens is 1. The number of aromatic nitrogens is 3. The van der Waals surface area contributed by atoms with Gasteiger partial charge in [-0.25, -0.2) is 4.98 Å². The third-order valence-corrected chi connectivity index (χ3v) is 3.60. The van der Waals surface area contributed by atoms with Gasteiger partial charge in [0.2, 0.25) is 5.82 Å². The number of carbonyl (C=O) groups excluding carboxylic acids is 1. The maximum absolute atomic E-state index is 12.1. The lowest BCUT2D eigenvalue weighted by atomic mass is 10.0. The van der Waals surface area contributed by atoms with Gasteiger partial charge in [0.25, 0.3) is 5.91 Å². The average molecular weight is 285 g/mol. The molecule has 6 nitrogen and oxygen atoms in total. The van der Waals surface area contributed by atoms with E-state index in [9.17, 15) is 4.79 Å². The number of nitrogens with zero attached hydrogens (tertiary/aromatic N) is 2. The largest absolute Gasteiger partial charge is 0.319 e. The molecular formula is C15H19N5O. The molecule has 0 saturated heterocycles. The van der Waals surface area contributed by atoms with Crippen molar-refractivity contribution >= 4 is 11.6 Å². The van der Waals surface area contributed by atoms with Gasteiger partial charge in [-0.15, -0.1) is 5.10 Å². The predicted molar refractivity (Wildman–Crippen MR) is 80.3 cm³/mol. The lowest BCUT2D eigenvalue weighted by molar-refractivity contribution is 0.101. The highest BCUT2D eigenvalue weighted by Crippen LogP contribution is 2.19. The summed E-state index contributed by atoms with van der Waals surface area (Å²) in [6.45, 7) is 5.85. The molecule has 0 unspecified atom stereocenters. The molecule has 0 bridgehead atoms. The number of amides is 1. The number of hydrogen-bond donors (Lipinski definition) is 3. The molecule has 1 aliphatic rings. The molecule has 0 saturated carbocycles. The number of rotatable bonds is 3. The van der Waals surface area contributed by atoms with E-state index in [1.165, 1.54) is 11.1 Å². The van der Waals surface area contributed by atoms with Gasteiger partial charge in [0, 0.05) is 18.2 Å². The highest BCUT2D eigenvalue weighted by molar-refractivity contribution is 6.01. The molecule has 3 rings (SSSR count). The lowest BCUT2D eigenvalue weighted by Gasteiger charge is -2.17. The van der Waals surface area contributed by atoms with E-state index in [1.807, 2.05) is 26.0 Å². The van der Waals surface area contributed by atoms with Crippen LogP contribution in [-0.4, -0.2) is 27.6 Å². The molecule has 3 N–H and O–H groups in total. The Morgan fingerprint density at radius 3 is 2.95 bits per heavy atom. The molecule has 110 valence electrons. The van der Waals surface area contributed by atoms with Gasteiger partial charge in [-0.2, -0.15) is 0 Å². The third kappa shape index (κ3) is 2.95. The Labute approximate surface area is 123 Å². The van der Waals surface area contributed by atoms with Crippen molar-refractivity contribution in [3.8, 4) is 0 Å². The van der Waals surface area contributed by atoms with Gasteiger partial charge in [0.05, 0.1) is 0 Å². The van der Waals surface area contributed by atoms with E-state index < -0.39 is 0 Å². The van der Waals surface area contributed by atoms with Crippen LogP contribution in [0.3, 0.4) is 0 Å². The Hall–Kier alpha value is -2.21. The van der Waals surface area contributed by atoms with Crippen LogP contribution in [0, 0.1) is 0 Å². The molecule has 1 aliphatic heterocycles. The SMILES string of the molecule is CC(C)c1nc(C(=O)Nc2ccc3c(c2)CNCC3)n[nH]1. The summed E-state index contributed by atoms with van der Waals surface area (Å²) < 4.78 is 0. The average Bonchev–Trinajstić information content (AvgIpc) is 2.97. The second kappa shape index (κ2) is 5.65. The molecule has 2 heterocycles. The second-order valence-corrected chi connectivity index (χ2v) is 5.56. The van der Waals surface area contributed by atoms with Gasteiger partial charge in [-0.1, -0.05) is 19.9 Å². The summed E-state index contributed by atoms with van der Waals surface area (Å²) in [5.41, 5.74) is 3.35. The zero-order chi connectivity index (χ0) is 14.8. The Balaban J connectivity index is 1.74. The Bertz CT molecular complexity index is 662. The fourth-order valence-electron chi connectivity index (χ4n) is 2.38. The van der Waals surface area contributed by atoms with Gasteiger partial charge in [-0.05, 0) is 36.2 Å². The highest BCUT2D eigenvalue weighted by Gasteiger charge is 2.15. The van der Waals surface area contributed by atoms with Crippen LogP contribution in [0.2, 0.25) is 0 Å². The summed E-state index contributed by atoms with van der Waals surface area (Å²) in [6, 6.07) is 6.01. The normalized spacial score (nSPS) is 14.0. The van der Waals surface area contributed by atoms with Gasteiger partial charge >= 0.3 is 0 Å². The second-order valence-electron chi connectivity index (χ2n) is 5.56. The van der Waals surface area contributed by atoms with Crippen molar-refractivity contribution in [2.45, 2.75) is 32.7 Å². The summed E-state index contributed by atoms with van der Waals surface area (Å²) >= 11 is 0. The van der Waals surface area contributed by atoms with Gasteiger partial charge < -0.3 is 10.6 Å². The minimum absolute atomic E-state index is 0.176. The van der Waals surface area contributed by atoms with Crippen LogP contribution in [0.25, 0.3) is 0 Å². The Morgan fingerprint density at radius 1 is 1.33 bits per heavy atom. The van der Waals surface area contributed by atoms with Crippen LogP contribution in [0.1, 0.15) is 47.3 Å². The van der Waals surface area contributed by atoms with Crippen molar-refractivity contribution in [1.82, 2.24) is 20.5 Å². The molecule has 1 amide bonds. The van der Waals surface area contributed by atoms with E-state index >= 15 is 0 Å². The maximum Gasteiger partial charge on any atom is 0.295 e. The van der Waals surface area contributed by atoms with Crippen LogP contribution in [-0.2, 0) is 13.0 Å². The van der Waals surface area contributed by atoms with Crippen LogP contribution in [0.5, 0.6) is 0 Å². The molecule has 0 fully saturated rings. The van der Waals surface area contributed by atoms with Crippen molar-refractivity contribution in [3.63, 3.8) is 0 Å². The monoisotopic (exact) mass is 285 g/mol. The summed E-state index contributed by atoms with van der Waals surface area (Å²) in [5, 5.41) is 12.9. The number of benzene rings is 1. The molecule has 6 heteroatoms. The molecule has 2 aromatic rings. The summed E-state index contributed by atoms with van der Waals surface area (Å²) in [4.78, 5) is 16.3. The number of anilines is 1. The van der Waals surface area contributed by atoms with Crippen LogP contribution < -0.4 is 10.6 Å². The smallest absolute Gasteiger partial charge is 0.295 e. The standard InChI is InChI=1S/C15H19N5O/c1-9(2)13-18-14(20-19-13)15(21)17-12-4-3-10-5-6-16-8-11(10)7-12/h3-4,7,9,16H,5-6,8H2,1-2H3,(H,17,21)(H,18,19,20). The molecular weight excluding hydrogens is 266 g/mol. The number of fused-ring (bicyclic) bond motifs is 1. The molecule has 1 aromatic carbocycles. The first kappa shape index (κ1) is 13.8. The van der Waals surface area contributed by atoms with Crippen molar-refractivity contribution in [3.05, 3.63) is 41.0 Å². The van der Waals surface area contributed by atoms with E-state index in [-0.39, 0.29) is 17.6 Å². The molecule has 0 atom stereocenters. The van der Waals surface area contributed by atoms with Crippen LogP contribution >= 0.6 is 0 Å². The molecule has 1 aromatic heterocycles. The number of nitrogens with one attached hydrogen (secondary N) is 3. The fraction of sp³-hybridized carbons (Fsp3) is 0.400. The highest BCUT2D eigenvalue weighted by atomic mass is 16.2. The summed E-state index contributed by atoms with van der Waals surface area (Å²) in [5.74, 6) is 0.820. The zero-order valence-corrected chi connectivity index (χ0v) is 12.2. The molecule has 0 spiro atoms. The van der Waals surface area contributed by atoms with E-state index in [2.05, 4.69) is 31.9 Å². The van der Waals surface area contributed by atoms with Crippen LogP contribution in [0.15, 0.2) is 18.2 Å². The van der Waals surface area contributed by atoms with E-state index in [0.29, 0.717) is 0 Å². The first-order valence-electron chi connectivity index (χ1n) is 7.19. The van der Waals surface area contributed by atoms with Crippen LogP contribution in [0.4, 0.5) is 5.69 Å². The first-order valence-corrected chi connectivity index (χ1v) is 7.19. The minimum Gasteiger partial charge on any atom is -0.319 e. The van der Waals surface area contributed by atoms with E-state index in [4.69, 9.17) is 0 Å². The van der Waals surface area contributed by atoms with Crippen molar-refractivity contribution in [2.75, 3.05) is 11.9 Å². The molecule has 0 aliphatic carbocycles. The van der Waals surface area contributed by atoms with Crippen molar-refractivity contribution < 1.29 is 4.79 Å². The number of hydrogen-bond acceptors (Lipinski definition) is 4. The van der Waals surface area contributed by atoms with E-state index in [0.717, 1.165) is 31.0 Å². The predicted octanol–water partition coefficient (Wildman–Crippen LogP) is 1.83. The minimum atomic E-state index is -0.290. The number of carbonyl (C=O) groups is 1. The quantitative estimate of drug-likeness (QED) is 0.803. The third-order valence-electron chi connectivity index (χ3n) is 3.60. The Morgan fingerprint density at radius 2 is 2.19 bits per heavy atom. The van der Waals surface area contributed by atoms with Gasteiger partial charge in [0.15, 0.2) is 0 Å². The lowest BCUT2D eigenvalue weighted by Crippen LogP contribution is -2.24. The zero-order valence-electron chi connectivity index (χ0n) is 12.2.